The van der Waals surface area contributed by atoms with Crippen LogP contribution >= 0.6 is 0 Å². The molecule has 0 unspecified atom stereocenters. The van der Waals surface area contributed by atoms with Gasteiger partial charge in [0.2, 0.25) is 5.82 Å². The normalized spacial score (nSPS) is 11.8. The molecular formula is C10H10F3N5. The highest BCUT2D eigenvalue weighted by Gasteiger charge is 2.37. The van der Waals surface area contributed by atoms with Crippen molar-refractivity contribution < 1.29 is 13.2 Å². The Bertz CT molecular complexity index is 588. The SMILES string of the molecule is Cc1nc(N)ccc1-c1nc(C(F)(F)F)n(C)n1. The Balaban J connectivity index is 2.53. The molecule has 18 heavy (non-hydrogen) atoms. The number of nitrogen functional groups attached to an aromatic ring is 1. The maximum atomic E-state index is 12.6. The van der Waals surface area contributed by atoms with Gasteiger partial charge < -0.3 is 5.73 Å². The summed E-state index contributed by atoms with van der Waals surface area (Å²) in [5.41, 5.74) is 6.38. The van der Waals surface area contributed by atoms with Gasteiger partial charge in [-0.05, 0) is 19.1 Å². The third kappa shape index (κ3) is 2.13. The van der Waals surface area contributed by atoms with Crippen molar-refractivity contribution in [3.8, 4) is 11.4 Å². The third-order valence-corrected chi connectivity index (χ3v) is 2.36. The van der Waals surface area contributed by atoms with Crippen molar-refractivity contribution in [2.75, 3.05) is 5.73 Å². The van der Waals surface area contributed by atoms with Crippen LogP contribution in [-0.4, -0.2) is 19.7 Å². The van der Waals surface area contributed by atoms with Crippen molar-refractivity contribution in [3.63, 3.8) is 0 Å². The van der Waals surface area contributed by atoms with E-state index in [1.165, 1.54) is 13.1 Å². The quantitative estimate of drug-likeness (QED) is 0.845. The van der Waals surface area contributed by atoms with E-state index in [1.54, 1.807) is 13.0 Å². The van der Waals surface area contributed by atoms with Gasteiger partial charge in [-0.2, -0.15) is 18.3 Å². The van der Waals surface area contributed by atoms with Crippen molar-refractivity contribution in [2.24, 2.45) is 7.05 Å². The second-order valence-corrected chi connectivity index (χ2v) is 3.75. The first-order chi connectivity index (χ1) is 8.29. The van der Waals surface area contributed by atoms with Crippen molar-refractivity contribution in [1.29, 1.82) is 0 Å². The molecule has 0 aliphatic heterocycles. The van der Waals surface area contributed by atoms with Crippen LogP contribution < -0.4 is 5.73 Å². The molecule has 0 spiro atoms. The molecule has 0 aliphatic carbocycles. The Morgan fingerprint density at radius 3 is 2.39 bits per heavy atom. The maximum Gasteiger partial charge on any atom is 0.451 e. The van der Waals surface area contributed by atoms with Crippen molar-refractivity contribution >= 4 is 5.82 Å². The molecule has 0 fully saturated rings. The molecule has 0 aliphatic rings. The molecule has 0 saturated heterocycles. The Hall–Kier alpha value is -2.12. The number of hydrogen-bond donors (Lipinski definition) is 1. The van der Waals surface area contributed by atoms with Crippen LogP contribution in [0.25, 0.3) is 11.4 Å². The fraction of sp³-hybridized carbons (Fsp3) is 0.300. The summed E-state index contributed by atoms with van der Waals surface area (Å²) in [6.45, 7) is 1.63. The molecule has 96 valence electrons. The van der Waals surface area contributed by atoms with E-state index in [2.05, 4.69) is 15.1 Å². The molecule has 8 heteroatoms. The van der Waals surface area contributed by atoms with Gasteiger partial charge in [-0.3, -0.25) is 0 Å². The topological polar surface area (TPSA) is 69.6 Å². The van der Waals surface area contributed by atoms with Crippen molar-refractivity contribution in [2.45, 2.75) is 13.1 Å². The number of hydrogen-bond acceptors (Lipinski definition) is 4. The predicted octanol–water partition coefficient (Wildman–Crippen LogP) is 1.79. The van der Waals surface area contributed by atoms with Gasteiger partial charge in [0.1, 0.15) is 5.82 Å². The van der Waals surface area contributed by atoms with E-state index in [0.29, 0.717) is 21.8 Å². The number of alkyl halides is 3. The van der Waals surface area contributed by atoms with Crippen molar-refractivity contribution in [3.05, 3.63) is 23.7 Å². The fourth-order valence-corrected chi connectivity index (χ4v) is 1.56. The smallest absolute Gasteiger partial charge is 0.384 e. The molecule has 0 amide bonds. The van der Waals surface area contributed by atoms with Crippen LogP contribution in [0.5, 0.6) is 0 Å². The molecule has 2 N–H and O–H groups in total. The van der Waals surface area contributed by atoms with Gasteiger partial charge in [-0.25, -0.2) is 14.6 Å². The van der Waals surface area contributed by atoms with Crippen LogP contribution in [0.2, 0.25) is 0 Å². The zero-order valence-electron chi connectivity index (χ0n) is 9.65. The van der Waals surface area contributed by atoms with Crippen molar-refractivity contribution in [1.82, 2.24) is 19.7 Å². The summed E-state index contributed by atoms with van der Waals surface area (Å²) < 4.78 is 38.4. The largest absolute Gasteiger partial charge is 0.451 e. The number of rotatable bonds is 1. The van der Waals surface area contributed by atoms with Crippen LogP contribution in [0.3, 0.4) is 0 Å². The highest BCUT2D eigenvalue weighted by molar-refractivity contribution is 5.59. The molecule has 2 aromatic rings. The maximum absolute atomic E-state index is 12.6. The Morgan fingerprint density at radius 2 is 1.89 bits per heavy atom. The van der Waals surface area contributed by atoms with Crippen LogP contribution in [0.15, 0.2) is 12.1 Å². The fourth-order valence-electron chi connectivity index (χ4n) is 1.56. The number of aryl methyl sites for hydroxylation is 2. The molecule has 2 rings (SSSR count). The number of halogens is 3. The van der Waals surface area contributed by atoms with Crippen LogP contribution in [0.4, 0.5) is 19.0 Å². The van der Waals surface area contributed by atoms with E-state index in [1.807, 2.05) is 0 Å². The lowest BCUT2D eigenvalue weighted by atomic mass is 10.2. The van der Waals surface area contributed by atoms with E-state index in [9.17, 15) is 13.2 Å². The summed E-state index contributed by atoms with van der Waals surface area (Å²) in [5, 5.41) is 3.74. The van der Waals surface area contributed by atoms with Crippen LogP contribution in [0, 0.1) is 6.92 Å². The standard InChI is InChI=1S/C10H10F3N5/c1-5-6(3-4-7(14)15-5)8-16-9(10(11,12)13)18(2)17-8/h3-4H,1-2H3,(H2,14,15). The summed E-state index contributed by atoms with van der Waals surface area (Å²) in [4.78, 5) is 7.45. The van der Waals surface area contributed by atoms with Gasteiger partial charge in [-0.1, -0.05) is 0 Å². The van der Waals surface area contributed by atoms with Gasteiger partial charge in [0.25, 0.3) is 0 Å². The van der Waals surface area contributed by atoms with E-state index >= 15 is 0 Å². The average Bonchev–Trinajstić information content (AvgIpc) is 2.59. The molecule has 5 nitrogen and oxygen atoms in total. The Morgan fingerprint density at radius 1 is 1.22 bits per heavy atom. The Kier molecular flexibility index (Phi) is 2.72. The van der Waals surface area contributed by atoms with E-state index in [-0.39, 0.29) is 5.82 Å². The molecule has 0 saturated carbocycles. The van der Waals surface area contributed by atoms with Gasteiger partial charge >= 0.3 is 6.18 Å². The van der Waals surface area contributed by atoms with E-state index < -0.39 is 12.0 Å². The minimum absolute atomic E-state index is 0.0187. The molecule has 0 radical (unpaired) electrons. The Labute approximate surface area is 100 Å². The predicted molar refractivity (Wildman–Crippen MR) is 58.4 cm³/mol. The molecule has 2 aromatic heterocycles. The minimum Gasteiger partial charge on any atom is -0.384 e. The van der Waals surface area contributed by atoms with Gasteiger partial charge in [-0.15, -0.1) is 0 Å². The monoisotopic (exact) mass is 257 g/mol. The average molecular weight is 257 g/mol. The lowest BCUT2D eigenvalue weighted by Gasteiger charge is -2.02. The number of nitrogens with zero attached hydrogens (tertiary/aromatic N) is 4. The van der Waals surface area contributed by atoms with E-state index in [4.69, 9.17) is 5.73 Å². The highest BCUT2D eigenvalue weighted by Crippen LogP contribution is 2.29. The number of pyridine rings is 1. The molecule has 0 aromatic carbocycles. The summed E-state index contributed by atoms with van der Waals surface area (Å²) >= 11 is 0. The molecule has 2 heterocycles. The first-order valence-corrected chi connectivity index (χ1v) is 5.01. The first-order valence-electron chi connectivity index (χ1n) is 5.01. The lowest BCUT2D eigenvalue weighted by molar-refractivity contribution is -0.147. The highest BCUT2D eigenvalue weighted by atomic mass is 19.4. The third-order valence-electron chi connectivity index (χ3n) is 2.36. The van der Waals surface area contributed by atoms with Gasteiger partial charge in [0.05, 0.1) is 5.69 Å². The summed E-state index contributed by atoms with van der Waals surface area (Å²) in [7, 11) is 1.19. The zero-order chi connectivity index (χ0) is 13.5. The molecule has 0 atom stereocenters. The molecular weight excluding hydrogens is 247 g/mol. The summed E-state index contributed by atoms with van der Waals surface area (Å²) in [6, 6.07) is 3.04. The first kappa shape index (κ1) is 12.3. The van der Waals surface area contributed by atoms with Gasteiger partial charge in [0.15, 0.2) is 5.82 Å². The van der Waals surface area contributed by atoms with E-state index in [0.717, 1.165) is 0 Å². The second kappa shape index (κ2) is 3.97. The summed E-state index contributed by atoms with van der Waals surface area (Å²) in [6.07, 6.45) is -4.53. The second-order valence-electron chi connectivity index (χ2n) is 3.75. The number of nitrogens with two attached hydrogens (primary N) is 1. The number of aromatic nitrogens is 4. The summed E-state index contributed by atoms with van der Waals surface area (Å²) in [5.74, 6) is -0.772. The van der Waals surface area contributed by atoms with Gasteiger partial charge in [0, 0.05) is 12.6 Å². The minimum atomic E-state index is -4.53. The van der Waals surface area contributed by atoms with Crippen LogP contribution in [-0.2, 0) is 13.2 Å². The lowest BCUT2D eigenvalue weighted by Crippen LogP contribution is -2.13. The zero-order valence-corrected chi connectivity index (χ0v) is 9.65. The van der Waals surface area contributed by atoms with Crippen LogP contribution in [0.1, 0.15) is 11.5 Å². The number of anilines is 1. The molecule has 0 bridgehead atoms.